The summed E-state index contributed by atoms with van der Waals surface area (Å²) in [5, 5.41) is 27.8. The molecular weight excluding hydrogens is 468 g/mol. The second-order valence-corrected chi connectivity index (χ2v) is 9.28. The van der Waals surface area contributed by atoms with E-state index in [2.05, 4.69) is 34.2 Å². The molecule has 2 aromatic heterocycles. The fourth-order valence-electron chi connectivity index (χ4n) is 4.38. The van der Waals surface area contributed by atoms with Gasteiger partial charge in [-0.05, 0) is 41.7 Å². The van der Waals surface area contributed by atoms with Crippen LogP contribution < -0.4 is 4.90 Å². The van der Waals surface area contributed by atoms with Gasteiger partial charge in [0.25, 0.3) is 5.78 Å². The maximum absolute atomic E-state index is 13.3. The molecule has 3 heterocycles. The molecule has 1 N–H and O–H groups in total. The second-order valence-electron chi connectivity index (χ2n) is 9.28. The van der Waals surface area contributed by atoms with Crippen LogP contribution in [0, 0.1) is 6.92 Å². The lowest BCUT2D eigenvalue weighted by Gasteiger charge is -2.24. The summed E-state index contributed by atoms with van der Waals surface area (Å²) in [5.74, 6) is -1.23. The molecule has 0 bridgehead atoms. The van der Waals surface area contributed by atoms with Crippen molar-refractivity contribution < 1.29 is 14.7 Å². The third-order valence-electron chi connectivity index (χ3n) is 6.41. The molecule has 0 saturated carbocycles. The number of hydrogen-bond acceptors (Lipinski definition) is 7. The van der Waals surface area contributed by atoms with Crippen LogP contribution in [0.5, 0.6) is 0 Å². The molecule has 186 valence electrons. The van der Waals surface area contributed by atoms with Crippen molar-refractivity contribution in [2.24, 2.45) is 0 Å². The largest absolute Gasteiger partial charge is 0.507 e. The number of carbonyl (C=O) groups is 2. The lowest BCUT2D eigenvalue weighted by molar-refractivity contribution is -0.132. The molecule has 5 rings (SSSR count). The Kier molecular flexibility index (Phi) is 6.35. The molecular formula is C28H26N6O3. The van der Waals surface area contributed by atoms with E-state index in [0.717, 1.165) is 11.1 Å². The fraction of sp³-hybridized carbons (Fsp3) is 0.214. The van der Waals surface area contributed by atoms with Gasteiger partial charge in [-0.2, -0.15) is 20.1 Å². The average Bonchev–Trinajstić information content (AvgIpc) is 3.51. The lowest BCUT2D eigenvalue weighted by Crippen LogP contribution is -2.30. The number of Topliss-reactive ketones (excluding diaryl/α,β-unsaturated/α-hetero) is 1. The first kappa shape index (κ1) is 24.1. The van der Waals surface area contributed by atoms with E-state index in [-0.39, 0.29) is 17.2 Å². The molecule has 0 aliphatic carbocycles. The minimum Gasteiger partial charge on any atom is -0.507 e. The van der Waals surface area contributed by atoms with Crippen molar-refractivity contribution in [2.45, 2.75) is 39.3 Å². The van der Waals surface area contributed by atoms with E-state index in [4.69, 9.17) is 0 Å². The number of aryl methyl sites for hydroxylation is 1. The van der Waals surface area contributed by atoms with Crippen molar-refractivity contribution >= 4 is 23.3 Å². The Morgan fingerprint density at radius 1 is 0.919 bits per heavy atom. The van der Waals surface area contributed by atoms with Crippen LogP contribution in [0.4, 0.5) is 5.82 Å². The smallest absolute Gasteiger partial charge is 0.301 e. The van der Waals surface area contributed by atoms with Gasteiger partial charge in [0.15, 0.2) is 5.82 Å². The van der Waals surface area contributed by atoms with Crippen LogP contribution in [0.1, 0.15) is 53.8 Å². The van der Waals surface area contributed by atoms with E-state index in [0.29, 0.717) is 29.3 Å². The SMILES string of the molecule is Cc1ccc(N2C(=O)C(=O)/C(=C(\O)c3ccc(C(C)C)cc3)C2c2ccc(Cn3nccn3)cc2)nn1. The van der Waals surface area contributed by atoms with Gasteiger partial charge in [-0.3, -0.25) is 14.5 Å². The Morgan fingerprint density at radius 3 is 2.19 bits per heavy atom. The molecule has 1 amide bonds. The Morgan fingerprint density at radius 2 is 1.59 bits per heavy atom. The average molecular weight is 495 g/mol. The Labute approximate surface area is 214 Å². The predicted octanol–water partition coefficient (Wildman–Crippen LogP) is 4.17. The van der Waals surface area contributed by atoms with Gasteiger partial charge in [0.2, 0.25) is 0 Å². The predicted molar refractivity (Wildman–Crippen MR) is 138 cm³/mol. The second kappa shape index (κ2) is 9.77. The fourth-order valence-corrected chi connectivity index (χ4v) is 4.38. The van der Waals surface area contributed by atoms with Crippen LogP contribution in [0.2, 0.25) is 0 Å². The lowest BCUT2D eigenvalue weighted by atomic mass is 9.93. The summed E-state index contributed by atoms with van der Waals surface area (Å²) in [7, 11) is 0. The molecule has 0 radical (unpaired) electrons. The molecule has 9 nitrogen and oxygen atoms in total. The van der Waals surface area contributed by atoms with Crippen molar-refractivity contribution in [1.29, 1.82) is 0 Å². The van der Waals surface area contributed by atoms with Gasteiger partial charge in [-0.25, -0.2) is 0 Å². The third-order valence-corrected chi connectivity index (χ3v) is 6.41. The van der Waals surface area contributed by atoms with Crippen LogP contribution in [0.25, 0.3) is 5.76 Å². The highest BCUT2D eigenvalue weighted by Crippen LogP contribution is 2.41. The van der Waals surface area contributed by atoms with Gasteiger partial charge >= 0.3 is 5.91 Å². The number of aromatic nitrogens is 5. The van der Waals surface area contributed by atoms with Gasteiger partial charge in [0, 0.05) is 5.56 Å². The summed E-state index contributed by atoms with van der Waals surface area (Å²) < 4.78 is 0. The number of anilines is 1. The minimum atomic E-state index is -0.876. The normalized spacial score (nSPS) is 17.1. The Bertz CT molecular complexity index is 1460. The molecule has 37 heavy (non-hydrogen) atoms. The molecule has 4 aromatic rings. The number of aliphatic hydroxyl groups is 1. The molecule has 2 aromatic carbocycles. The highest BCUT2D eigenvalue weighted by molar-refractivity contribution is 6.51. The van der Waals surface area contributed by atoms with Crippen molar-refractivity contribution in [1.82, 2.24) is 25.2 Å². The van der Waals surface area contributed by atoms with E-state index in [1.165, 1.54) is 4.90 Å². The summed E-state index contributed by atoms with van der Waals surface area (Å²) in [6, 6.07) is 17.3. The van der Waals surface area contributed by atoms with Crippen LogP contribution in [-0.4, -0.2) is 42.0 Å². The zero-order valence-electron chi connectivity index (χ0n) is 20.7. The maximum atomic E-state index is 13.3. The highest BCUT2D eigenvalue weighted by atomic mass is 16.3. The number of nitrogens with zero attached hydrogens (tertiary/aromatic N) is 6. The summed E-state index contributed by atoms with van der Waals surface area (Å²) in [6.07, 6.45) is 3.22. The van der Waals surface area contributed by atoms with Crippen LogP contribution in [0.15, 0.2) is 78.6 Å². The molecule has 9 heteroatoms. The van der Waals surface area contributed by atoms with E-state index >= 15 is 0 Å². The zero-order chi connectivity index (χ0) is 26.1. The standard InChI is InChI=1S/C28H26N6O3/c1-17(2)20-9-11-22(12-10-20)26(35)24-25(21-7-5-19(6-8-21)16-33-29-14-15-30-33)34(28(37)27(24)36)23-13-4-18(3)31-32-23/h4-15,17,25,35H,16H2,1-3H3/b26-24-. The number of carbonyl (C=O) groups excluding carboxylic acids is 2. The van der Waals surface area contributed by atoms with Gasteiger partial charge < -0.3 is 5.11 Å². The third kappa shape index (κ3) is 4.63. The first-order valence-electron chi connectivity index (χ1n) is 12.0. The van der Waals surface area contributed by atoms with E-state index < -0.39 is 17.7 Å². The number of aliphatic hydroxyl groups excluding tert-OH is 1. The molecule has 1 unspecified atom stereocenters. The summed E-state index contributed by atoms with van der Waals surface area (Å²) in [5.41, 5.74) is 3.84. The van der Waals surface area contributed by atoms with Gasteiger partial charge in [0.05, 0.1) is 36.2 Å². The number of ketones is 1. The van der Waals surface area contributed by atoms with Gasteiger partial charge in [-0.15, -0.1) is 5.10 Å². The van der Waals surface area contributed by atoms with E-state index in [1.54, 1.807) is 48.4 Å². The number of amides is 1. The zero-order valence-corrected chi connectivity index (χ0v) is 20.7. The Hall–Kier alpha value is -4.66. The van der Waals surface area contributed by atoms with Crippen molar-refractivity contribution in [3.8, 4) is 0 Å². The maximum Gasteiger partial charge on any atom is 0.301 e. The molecule has 1 saturated heterocycles. The highest BCUT2D eigenvalue weighted by Gasteiger charge is 2.47. The topological polar surface area (TPSA) is 114 Å². The number of rotatable bonds is 6. The quantitative estimate of drug-likeness (QED) is 0.243. The van der Waals surface area contributed by atoms with Crippen molar-refractivity contribution in [3.05, 3.63) is 107 Å². The van der Waals surface area contributed by atoms with E-state index in [1.807, 2.05) is 36.4 Å². The summed E-state index contributed by atoms with van der Waals surface area (Å²) >= 11 is 0. The monoisotopic (exact) mass is 494 g/mol. The molecule has 0 spiro atoms. The molecule has 1 fully saturated rings. The minimum absolute atomic E-state index is 0.00571. The van der Waals surface area contributed by atoms with Crippen LogP contribution in [-0.2, 0) is 16.1 Å². The molecule has 1 aliphatic heterocycles. The van der Waals surface area contributed by atoms with E-state index in [9.17, 15) is 14.7 Å². The molecule has 1 atom stereocenters. The van der Waals surface area contributed by atoms with Crippen LogP contribution >= 0.6 is 0 Å². The number of hydrogen-bond donors (Lipinski definition) is 1. The first-order valence-corrected chi connectivity index (χ1v) is 12.0. The van der Waals surface area contributed by atoms with Crippen molar-refractivity contribution in [2.75, 3.05) is 4.90 Å². The summed E-state index contributed by atoms with van der Waals surface area (Å²) in [6.45, 7) is 6.42. The first-order chi connectivity index (χ1) is 17.8. The van der Waals surface area contributed by atoms with Crippen LogP contribution in [0.3, 0.4) is 0 Å². The Balaban J connectivity index is 1.61. The molecule has 1 aliphatic rings. The van der Waals surface area contributed by atoms with Gasteiger partial charge in [0.1, 0.15) is 5.76 Å². The van der Waals surface area contributed by atoms with Crippen molar-refractivity contribution in [3.63, 3.8) is 0 Å². The number of benzene rings is 2. The summed E-state index contributed by atoms with van der Waals surface area (Å²) in [4.78, 5) is 29.5. The van der Waals surface area contributed by atoms with Gasteiger partial charge in [-0.1, -0.05) is 62.4 Å².